The molecule has 2 aromatic heterocycles. The average molecular weight is 248 g/mol. The number of nitrogens with zero attached hydrogens (tertiary/aromatic N) is 4. The molecule has 0 bridgehead atoms. The first kappa shape index (κ1) is 12.5. The molecule has 0 amide bonds. The predicted octanol–water partition coefficient (Wildman–Crippen LogP) is 1.30. The van der Waals surface area contributed by atoms with Gasteiger partial charge in [0.2, 0.25) is 0 Å². The maximum absolute atomic E-state index is 6.10. The highest BCUT2D eigenvalue weighted by atomic mass is 15.3. The Morgan fingerprint density at radius 1 is 1.33 bits per heavy atom. The van der Waals surface area contributed by atoms with Gasteiger partial charge in [-0.05, 0) is 12.5 Å². The minimum absolute atomic E-state index is 0.686. The second-order valence-electron chi connectivity index (χ2n) is 4.38. The molecule has 18 heavy (non-hydrogen) atoms. The third-order valence-electron chi connectivity index (χ3n) is 3.01. The van der Waals surface area contributed by atoms with Crippen LogP contribution in [0.4, 0.5) is 11.5 Å². The molecular formula is C12H20N6. The Hall–Kier alpha value is -1.98. The summed E-state index contributed by atoms with van der Waals surface area (Å²) >= 11 is 0. The second-order valence-corrected chi connectivity index (χ2v) is 4.38. The molecule has 2 rings (SSSR count). The molecule has 6 heteroatoms. The molecule has 6 nitrogen and oxygen atoms in total. The number of aromatic nitrogens is 4. The van der Waals surface area contributed by atoms with Crippen LogP contribution in [0, 0.1) is 0 Å². The third-order valence-corrected chi connectivity index (χ3v) is 3.01. The van der Waals surface area contributed by atoms with Crippen molar-refractivity contribution in [1.29, 1.82) is 0 Å². The number of nitrogens with one attached hydrogen (secondary N) is 1. The van der Waals surface area contributed by atoms with Gasteiger partial charge in [-0.3, -0.25) is 9.36 Å². The van der Waals surface area contributed by atoms with E-state index in [1.807, 2.05) is 24.8 Å². The van der Waals surface area contributed by atoms with Crippen LogP contribution in [0.1, 0.15) is 24.7 Å². The van der Waals surface area contributed by atoms with Crippen LogP contribution in [-0.2, 0) is 27.1 Å². The number of anilines is 2. The Labute approximate surface area is 107 Å². The predicted molar refractivity (Wildman–Crippen MR) is 72.2 cm³/mol. The Kier molecular flexibility index (Phi) is 3.55. The number of hydrogen-bond acceptors (Lipinski definition) is 4. The molecule has 0 spiro atoms. The van der Waals surface area contributed by atoms with Crippen molar-refractivity contribution in [1.82, 2.24) is 19.6 Å². The first-order valence-corrected chi connectivity index (χ1v) is 6.15. The zero-order chi connectivity index (χ0) is 13.1. The molecule has 0 aliphatic rings. The fourth-order valence-corrected chi connectivity index (χ4v) is 1.98. The molecule has 0 fully saturated rings. The van der Waals surface area contributed by atoms with Crippen LogP contribution in [0.15, 0.2) is 12.3 Å². The van der Waals surface area contributed by atoms with Crippen molar-refractivity contribution in [2.24, 2.45) is 14.1 Å². The summed E-state index contributed by atoms with van der Waals surface area (Å²) in [7, 11) is 3.83. The van der Waals surface area contributed by atoms with Gasteiger partial charge in [-0.15, -0.1) is 0 Å². The summed E-state index contributed by atoms with van der Waals surface area (Å²) in [6.45, 7) is 2.81. The van der Waals surface area contributed by atoms with E-state index in [2.05, 4.69) is 22.4 Å². The van der Waals surface area contributed by atoms with E-state index in [0.29, 0.717) is 6.54 Å². The van der Waals surface area contributed by atoms with Crippen LogP contribution in [0.25, 0.3) is 0 Å². The molecular weight excluding hydrogens is 228 g/mol. The van der Waals surface area contributed by atoms with Gasteiger partial charge in [0, 0.05) is 20.3 Å². The van der Waals surface area contributed by atoms with Crippen LogP contribution >= 0.6 is 0 Å². The summed E-state index contributed by atoms with van der Waals surface area (Å²) in [5.74, 6) is 0.875. The molecule has 0 saturated carbocycles. The van der Waals surface area contributed by atoms with Gasteiger partial charge in [-0.2, -0.15) is 10.2 Å². The second kappa shape index (κ2) is 5.12. The van der Waals surface area contributed by atoms with E-state index in [9.17, 15) is 0 Å². The van der Waals surface area contributed by atoms with Gasteiger partial charge in [0.25, 0.3) is 0 Å². The number of rotatable bonds is 5. The zero-order valence-corrected chi connectivity index (χ0v) is 11.1. The SMILES string of the molecule is CCCc1nn(C)c(NCc2ccnn2C)c1N. The van der Waals surface area contributed by atoms with Gasteiger partial charge < -0.3 is 11.1 Å². The number of nitrogens with two attached hydrogens (primary N) is 1. The lowest BCUT2D eigenvalue weighted by molar-refractivity contribution is 0.709. The highest BCUT2D eigenvalue weighted by molar-refractivity contribution is 5.65. The molecule has 0 aromatic carbocycles. The highest BCUT2D eigenvalue weighted by Crippen LogP contribution is 2.23. The molecule has 0 aliphatic carbocycles. The van der Waals surface area contributed by atoms with Crippen LogP contribution in [-0.4, -0.2) is 19.6 Å². The summed E-state index contributed by atoms with van der Waals surface area (Å²) in [6.07, 6.45) is 3.74. The fourth-order valence-electron chi connectivity index (χ4n) is 1.98. The lowest BCUT2D eigenvalue weighted by Crippen LogP contribution is -2.09. The smallest absolute Gasteiger partial charge is 0.148 e. The first-order valence-electron chi connectivity index (χ1n) is 6.15. The van der Waals surface area contributed by atoms with E-state index in [1.54, 1.807) is 10.9 Å². The minimum Gasteiger partial charge on any atom is -0.394 e. The Morgan fingerprint density at radius 2 is 2.11 bits per heavy atom. The molecule has 0 radical (unpaired) electrons. The van der Waals surface area contributed by atoms with Gasteiger partial charge in [0.15, 0.2) is 0 Å². The van der Waals surface area contributed by atoms with E-state index in [-0.39, 0.29) is 0 Å². The highest BCUT2D eigenvalue weighted by Gasteiger charge is 2.12. The topological polar surface area (TPSA) is 73.7 Å². The minimum atomic E-state index is 0.686. The van der Waals surface area contributed by atoms with Gasteiger partial charge in [-0.25, -0.2) is 0 Å². The standard InChI is InChI=1S/C12H20N6/c1-4-5-10-11(13)12(18(3)16-10)14-8-9-6-7-15-17(9)2/h6-7,14H,4-5,8,13H2,1-3H3. The molecule has 0 atom stereocenters. The van der Waals surface area contributed by atoms with Crippen molar-refractivity contribution in [2.45, 2.75) is 26.3 Å². The van der Waals surface area contributed by atoms with Crippen molar-refractivity contribution < 1.29 is 0 Å². The largest absolute Gasteiger partial charge is 0.394 e. The van der Waals surface area contributed by atoms with E-state index in [4.69, 9.17) is 5.73 Å². The normalized spacial score (nSPS) is 10.8. The molecule has 3 N–H and O–H groups in total. The number of nitrogen functional groups attached to an aromatic ring is 1. The van der Waals surface area contributed by atoms with Gasteiger partial charge in [-0.1, -0.05) is 13.3 Å². The van der Waals surface area contributed by atoms with E-state index >= 15 is 0 Å². The van der Waals surface area contributed by atoms with Crippen molar-refractivity contribution >= 4 is 11.5 Å². The summed E-state index contributed by atoms with van der Waals surface area (Å²) in [6, 6.07) is 1.98. The molecule has 0 saturated heterocycles. The van der Waals surface area contributed by atoms with Gasteiger partial charge in [0.1, 0.15) is 5.82 Å². The summed E-state index contributed by atoms with van der Waals surface area (Å²) in [5.41, 5.74) is 8.92. The van der Waals surface area contributed by atoms with Crippen molar-refractivity contribution in [3.05, 3.63) is 23.7 Å². The molecule has 0 aliphatic heterocycles. The molecule has 2 aromatic rings. The van der Waals surface area contributed by atoms with Crippen molar-refractivity contribution in [3.8, 4) is 0 Å². The van der Waals surface area contributed by atoms with Crippen LogP contribution in [0.5, 0.6) is 0 Å². The van der Waals surface area contributed by atoms with Crippen molar-refractivity contribution in [2.75, 3.05) is 11.1 Å². The Balaban J connectivity index is 2.12. The van der Waals surface area contributed by atoms with E-state index < -0.39 is 0 Å². The maximum atomic E-state index is 6.10. The van der Waals surface area contributed by atoms with E-state index in [1.165, 1.54) is 0 Å². The molecule has 0 unspecified atom stereocenters. The number of hydrogen-bond donors (Lipinski definition) is 2. The van der Waals surface area contributed by atoms with Crippen LogP contribution < -0.4 is 11.1 Å². The zero-order valence-electron chi connectivity index (χ0n) is 11.1. The van der Waals surface area contributed by atoms with E-state index in [0.717, 1.165) is 35.7 Å². The Bertz CT molecular complexity index is 525. The average Bonchev–Trinajstić information content (AvgIpc) is 2.84. The summed E-state index contributed by atoms with van der Waals surface area (Å²) in [4.78, 5) is 0. The maximum Gasteiger partial charge on any atom is 0.148 e. The van der Waals surface area contributed by atoms with Crippen molar-refractivity contribution in [3.63, 3.8) is 0 Å². The third kappa shape index (κ3) is 2.32. The van der Waals surface area contributed by atoms with Gasteiger partial charge in [0.05, 0.1) is 23.6 Å². The quantitative estimate of drug-likeness (QED) is 0.836. The summed E-state index contributed by atoms with van der Waals surface area (Å²) in [5, 5.41) is 11.9. The molecule has 98 valence electrons. The molecule has 2 heterocycles. The lowest BCUT2D eigenvalue weighted by atomic mass is 10.2. The lowest BCUT2D eigenvalue weighted by Gasteiger charge is -2.07. The number of aryl methyl sites for hydroxylation is 3. The fraction of sp³-hybridized carbons (Fsp3) is 0.500. The van der Waals surface area contributed by atoms with Crippen LogP contribution in [0.2, 0.25) is 0 Å². The van der Waals surface area contributed by atoms with Crippen LogP contribution in [0.3, 0.4) is 0 Å². The first-order chi connectivity index (χ1) is 8.63. The monoisotopic (exact) mass is 248 g/mol. The van der Waals surface area contributed by atoms with Gasteiger partial charge >= 0.3 is 0 Å². The summed E-state index contributed by atoms with van der Waals surface area (Å²) < 4.78 is 3.64. The Morgan fingerprint density at radius 3 is 2.72 bits per heavy atom.